The Morgan fingerprint density at radius 1 is 1.00 bits per heavy atom. The summed E-state index contributed by atoms with van der Waals surface area (Å²) in [6.45, 7) is 0. The third-order valence-corrected chi connectivity index (χ3v) is 3.54. The molecule has 0 saturated carbocycles. The number of aryl methyl sites for hydroxylation is 2. The third kappa shape index (κ3) is 4.98. The van der Waals surface area contributed by atoms with E-state index in [9.17, 15) is 0 Å². The summed E-state index contributed by atoms with van der Waals surface area (Å²) in [5, 5.41) is 0. The maximum atomic E-state index is 4.03. The SMILES string of the molecule is CSc1cccc(CCCc2ccncc2)c1.I. The van der Waals surface area contributed by atoms with Crippen LogP contribution < -0.4 is 0 Å². The molecule has 2 aromatic rings. The lowest BCUT2D eigenvalue weighted by atomic mass is 10.1. The average molecular weight is 371 g/mol. The summed E-state index contributed by atoms with van der Waals surface area (Å²) in [5.74, 6) is 0. The summed E-state index contributed by atoms with van der Waals surface area (Å²) in [4.78, 5) is 5.38. The number of benzene rings is 1. The number of nitrogens with zero attached hydrogens (tertiary/aromatic N) is 1. The molecular formula is C15H18INS. The van der Waals surface area contributed by atoms with Crippen molar-refractivity contribution < 1.29 is 0 Å². The van der Waals surface area contributed by atoms with Crippen LogP contribution in [0.3, 0.4) is 0 Å². The van der Waals surface area contributed by atoms with Crippen LogP contribution in [-0.4, -0.2) is 11.2 Å². The number of thioether (sulfide) groups is 1. The van der Waals surface area contributed by atoms with E-state index in [1.54, 1.807) is 11.8 Å². The van der Waals surface area contributed by atoms with Gasteiger partial charge in [-0.25, -0.2) is 0 Å². The van der Waals surface area contributed by atoms with Crippen LogP contribution in [0.1, 0.15) is 17.5 Å². The molecule has 3 heteroatoms. The van der Waals surface area contributed by atoms with E-state index in [4.69, 9.17) is 0 Å². The Morgan fingerprint density at radius 2 is 1.72 bits per heavy atom. The lowest BCUT2D eigenvalue weighted by Crippen LogP contribution is -1.90. The van der Waals surface area contributed by atoms with Crippen LogP contribution >= 0.6 is 35.7 Å². The van der Waals surface area contributed by atoms with Gasteiger partial charge in [0.1, 0.15) is 0 Å². The van der Waals surface area contributed by atoms with Crippen LogP contribution in [0.25, 0.3) is 0 Å². The van der Waals surface area contributed by atoms with E-state index < -0.39 is 0 Å². The number of aromatic nitrogens is 1. The molecule has 0 aliphatic rings. The molecule has 2 rings (SSSR count). The normalized spacial score (nSPS) is 9.83. The standard InChI is InChI=1S/C15H17NS.HI/c1-17-15-7-3-6-14(12-15)5-2-4-13-8-10-16-11-9-13;/h3,6-12H,2,4-5H2,1H3;1H. The zero-order chi connectivity index (χ0) is 11.9. The molecule has 0 fully saturated rings. The highest BCUT2D eigenvalue weighted by Gasteiger charge is 1.97. The molecular weight excluding hydrogens is 353 g/mol. The highest BCUT2D eigenvalue weighted by atomic mass is 127. The average Bonchev–Trinajstić information content (AvgIpc) is 2.40. The van der Waals surface area contributed by atoms with Crippen LogP contribution in [0.15, 0.2) is 53.7 Å². The first kappa shape index (κ1) is 15.5. The molecule has 0 aliphatic heterocycles. The van der Waals surface area contributed by atoms with Crippen molar-refractivity contribution in [2.45, 2.75) is 24.2 Å². The first-order chi connectivity index (χ1) is 8.38. The summed E-state index contributed by atoms with van der Waals surface area (Å²) >= 11 is 1.80. The number of pyridine rings is 1. The topological polar surface area (TPSA) is 12.9 Å². The molecule has 0 N–H and O–H groups in total. The Labute approximate surface area is 130 Å². The largest absolute Gasteiger partial charge is 0.265 e. The predicted octanol–water partition coefficient (Wildman–Crippen LogP) is 4.60. The molecule has 1 nitrogen and oxygen atoms in total. The summed E-state index contributed by atoms with van der Waals surface area (Å²) < 4.78 is 0. The van der Waals surface area contributed by atoms with E-state index in [0.717, 1.165) is 12.8 Å². The van der Waals surface area contributed by atoms with Crippen LogP contribution in [-0.2, 0) is 12.8 Å². The Bertz CT molecular complexity index is 459. The molecule has 0 unspecified atom stereocenters. The van der Waals surface area contributed by atoms with E-state index in [1.165, 1.54) is 22.4 Å². The number of halogens is 1. The van der Waals surface area contributed by atoms with Crippen molar-refractivity contribution in [3.63, 3.8) is 0 Å². The van der Waals surface area contributed by atoms with Gasteiger partial charge in [0.25, 0.3) is 0 Å². The van der Waals surface area contributed by atoms with Gasteiger partial charge in [-0.15, -0.1) is 35.7 Å². The van der Waals surface area contributed by atoms with Gasteiger partial charge in [0.2, 0.25) is 0 Å². The lowest BCUT2D eigenvalue weighted by molar-refractivity contribution is 0.817. The van der Waals surface area contributed by atoms with Crippen molar-refractivity contribution in [3.05, 3.63) is 59.9 Å². The fourth-order valence-corrected chi connectivity index (χ4v) is 2.36. The molecule has 0 aliphatic carbocycles. The van der Waals surface area contributed by atoms with Crippen LogP contribution in [0, 0.1) is 0 Å². The van der Waals surface area contributed by atoms with E-state index in [-0.39, 0.29) is 24.0 Å². The predicted molar refractivity (Wildman–Crippen MR) is 89.9 cm³/mol. The van der Waals surface area contributed by atoms with Gasteiger partial charge < -0.3 is 0 Å². The maximum absolute atomic E-state index is 4.03. The van der Waals surface area contributed by atoms with Gasteiger partial charge in [0.15, 0.2) is 0 Å². The first-order valence-electron chi connectivity index (χ1n) is 5.90. The second-order valence-electron chi connectivity index (χ2n) is 4.06. The van der Waals surface area contributed by atoms with Crippen molar-refractivity contribution in [2.75, 3.05) is 6.26 Å². The van der Waals surface area contributed by atoms with Crippen LogP contribution in [0.5, 0.6) is 0 Å². The fraction of sp³-hybridized carbons (Fsp3) is 0.267. The third-order valence-electron chi connectivity index (χ3n) is 2.81. The number of rotatable bonds is 5. The van der Waals surface area contributed by atoms with E-state index in [2.05, 4.69) is 47.6 Å². The molecule has 1 aromatic carbocycles. The van der Waals surface area contributed by atoms with Crippen molar-refractivity contribution in [2.24, 2.45) is 0 Å². The van der Waals surface area contributed by atoms with Gasteiger partial charge in [-0.05, 0) is 60.9 Å². The quantitative estimate of drug-likeness (QED) is 0.563. The monoisotopic (exact) mass is 371 g/mol. The molecule has 0 spiro atoms. The summed E-state index contributed by atoms with van der Waals surface area (Å²) in [6, 6.07) is 13.0. The Balaban J connectivity index is 0.00000162. The molecule has 1 heterocycles. The number of hydrogen-bond acceptors (Lipinski definition) is 2. The molecule has 1 aromatic heterocycles. The number of hydrogen-bond donors (Lipinski definition) is 0. The van der Waals surface area contributed by atoms with E-state index in [0.29, 0.717) is 0 Å². The smallest absolute Gasteiger partial charge is 0.0270 e. The van der Waals surface area contributed by atoms with Crippen LogP contribution in [0.4, 0.5) is 0 Å². The Morgan fingerprint density at radius 3 is 2.44 bits per heavy atom. The highest BCUT2D eigenvalue weighted by Crippen LogP contribution is 2.17. The minimum Gasteiger partial charge on any atom is -0.265 e. The summed E-state index contributed by atoms with van der Waals surface area (Å²) in [5.41, 5.74) is 2.81. The minimum absolute atomic E-state index is 0. The zero-order valence-electron chi connectivity index (χ0n) is 10.5. The molecule has 0 radical (unpaired) electrons. The first-order valence-corrected chi connectivity index (χ1v) is 7.13. The van der Waals surface area contributed by atoms with Gasteiger partial charge in [-0.2, -0.15) is 0 Å². The highest BCUT2D eigenvalue weighted by molar-refractivity contribution is 14.0. The molecule has 0 bridgehead atoms. The Hall–Kier alpha value is -0.550. The van der Waals surface area contributed by atoms with Crippen molar-refractivity contribution in [1.29, 1.82) is 0 Å². The van der Waals surface area contributed by atoms with Gasteiger partial charge in [0, 0.05) is 17.3 Å². The molecule has 0 atom stereocenters. The van der Waals surface area contributed by atoms with Crippen molar-refractivity contribution in [3.8, 4) is 0 Å². The lowest BCUT2D eigenvalue weighted by Gasteiger charge is -2.04. The second-order valence-corrected chi connectivity index (χ2v) is 4.94. The van der Waals surface area contributed by atoms with Crippen LogP contribution in [0.2, 0.25) is 0 Å². The molecule has 0 saturated heterocycles. The molecule has 96 valence electrons. The van der Waals surface area contributed by atoms with Gasteiger partial charge in [0.05, 0.1) is 0 Å². The van der Waals surface area contributed by atoms with E-state index >= 15 is 0 Å². The summed E-state index contributed by atoms with van der Waals surface area (Å²) in [7, 11) is 0. The van der Waals surface area contributed by atoms with Crippen molar-refractivity contribution in [1.82, 2.24) is 4.98 Å². The van der Waals surface area contributed by atoms with Gasteiger partial charge in [-0.1, -0.05) is 12.1 Å². The fourth-order valence-electron chi connectivity index (χ4n) is 1.87. The maximum Gasteiger partial charge on any atom is 0.0270 e. The minimum atomic E-state index is 0. The van der Waals surface area contributed by atoms with E-state index in [1.807, 2.05) is 12.4 Å². The van der Waals surface area contributed by atoms with Gasteiger partial charge >= 0.3 is 0 Å². The second kappa shape index (κ2) is 8.53. The zero-order valence-corrected chi connectivity index (χ0v) is 13.7. The molecule has 18 heavy (non-hydrogen) atoms. The Kier molecular flexibility index (Phi) is 7.35. The van der Waals surface area contributed by atoms with Crippen molar-refractivity contribution >= 4 is 35.7 Å². The summed E-state index contributed by atoms with van der Waals surface area (Å²) in [6.07, 6.45) is 9.33. The molecule has 0 amide bonds. The van der Waals surface area contributed by atoms with Gasteiger partial charge in [-0.3, -0.25) is 4.98 Å².